The summed E-state index contributed by atoms with van der Waals surface area (Å²) < 4.78 is 0. The first-order valence-electron chi connectivity index (χ1n) is 4.45. The summed E-state index contributed by atoms with van der Waals surface area (Å²) in [6, 6.07) is 0. The summed E-state index contributed by atoms with van der Waals surface area (Å²) in [5, 5.41) is 1.93. The Kier molecular flexibility index (Phi) is 1.25. The van der Waals surface area contributed by atoms with E-state index in [2.05, 4.69) is 36.1 Å². The van der Waals surface area contributed by atoms with E-state index in [4.69, 9.17) is 0 Å². The van der Waals surface area contributed by atoms with Crippen molar-refractivity contribution in [2.45, 2.75) is 23.3 Å². The van der Waals surface area contributed by atoms with Gasteiger partial charge in [0, 0.05) is 10.5 Å². The minimum Gasteiger partial charge on any atom is -0.154 e. The van der Waals surface area contributed by atoms with E-state index in [1.165, 1.54) is 12.8 Å². The number of hydrogen-bond donors (Lipinski definition) is 0. The van der Waals surface area contributed by atoms with Crippen molar-refractivity contribution in [3.63, 3.8) is 0 Å². The van der Waals surface area contributed by atoms with Gasteiger partial charge in [0.05, 0.1) is 0 Å². The monoisotopic (exact) mass is 164 g/mol. The van der Waals surface area contributed by atoms with Crippen LogP contribution in [-0.4, -0.2) is 10.5 Å². The van der Waals surface area contributed by atoms with Gasteiger partial charge in [0.15, 0.2) is 0 Å². The quantitative estimate of drug-likeness (QED) is 0.530. The second-order valence-corrected chi connectivity index (χ2v) is 5.20. The maximum atomic E-state index is 2.42. The molecule has 1 aliphatic carbocycles. The van der Waals surface area contributed by atoms with E-state index in [1.54, 1.807) is 0 Å². The Morgan fingerprint density at radius 3 is 2.00 bits per heavy atom. The van der Waals surface area contributed by atoms with Gasteiger partial charge < -0.3 is 0 Å². The Morgan fingerprint density at radius 1 is 0.909 bits per heavy atom. The zero-order chi connectivity index (χ0) is 7.26. The molecule has 0 N–H and O–H groups in total. The summed E-state index contributed by atoms with van der Waals surface area (Å²) >= 11 is 2.23. The predicted molar refractivity (Wildman–Crippen MR) is 49.7 cm³/mol. The Labute approximate surface area is 71.8 Å². The fourth-order valence-corrected chi connectivity index (χ4v) is 4.54. The van der Waals surface area contributed by atoms with Gasteiger partial charge in [-0.05, 0) is 24.7 Å². The molecule has 0 radical (unpaired) electrons. The van der Waals surface area contributed by atoms with Crippen molar-refractivity contribution in [3.05, 3.63) is 24.3 Å². The predicted octanol–water partition coefficient (Wildman–Crippen LogP) is 2.62. The molecular weight excluding hydrogens is 152 g/mol. The van der Waals surface area contributed by atoms with E-state index in [-0.39, 0.29) is 0 Å². The number of rotatable bonds is 0. The molecule has 0 amide bonds. The minimum absolute atomic E-state index is 0.892. The average molecular weight is 164 g/mol. The third-order valence-corrected chi connectivity index (χ3v) is 4.97. The van der Waals surface area contributed by atoms with Gasteiger partial charge in [-0.3, -0.25) is 0 Å². The number of allylic oxidation sites excluding steroid dienone is 4. The largest absolute Gasteiger partial charge is 0.154 e. The van der Waals surface area contributed by atoms with Crippen LogP contribution in [0.4, 0.5) is 0 Å². The number of hydrogen-bond acceptors (Lipinski definition) is 1. The molecule has 0 aromatic carbocycles. The van der Waals surface area contributed by atoms with Gasteiger partial charge >= 0.3 is 0 Å². The second-order valence-electron chi connectivity index (χ2n) is 3.71. The van der Waals surface area contributed by atoms with Crippen molar-refractivity contribution in [2.75, 3.05) is 0 Å². The lowest BCUT2D eigenvalue weighted by Crippen LogP contribution is -2.24. The topological polar surface area (TPSA) is 0 Å². The van der Waals surface area contributed by atoms with Crippen molar-refractivity contribution >= 4 is 11.8 Å². The lowest BCUT2D eigenvalue weighted by atomic mass is 9.77. The first-order valence-corrected chi connectivity index (χ1v) is 5.40. The van der Waals surface area contributed by atoms with Crippen LogP contribution in [0.5, 0.6) is 0 Å². The highest BCUT2D eigenvalue weighted by molar-refractivity contribution is 8.01. The fourth-order valence-electron chi connectivity index (χ4n) is 2.64. The molecule has 0 spiro atoms. The Hall–Kier alpha value is -0.170. The molecule has 0 saturated carbocycles. The van der Waals surface area contributed by atoms with Crippen molar-refractivity contribution in [3.8, 4) is 0 Å². The van der Waals surface area contributed by atoms with Crippen molar-refractivity contribution in [1.82, 2.24) is 0 Å². The van der Waals surface area contributed by atoms with Crippen molar-refractivity contribution in [2.24, 2.45) is 11.8 Å². The van der Waals surface area contributed by atoms with Gasteiger partial charge in [-0.1, -0.05) is 24.3 Å². The fraction of sp³-hybridized carbons (Fsp3) is 0.600. The summed E-state index contributed by atoms with van der Waals surface area (Å²) in [4.78, 5) is 0. The van der Waals surface area contributed by atoms with Gasteiger partial charge in [0.1, 0.15) is 0 Å². The Bertz CT molecular complexity index is 205. The third-order valence-electron chi connectivity index (χ3n) is 3.17. The molecule has 3 rings (SSSR count). The van der Waals surface area contributed by atoms with Crippen LogP contribution >= 0.6 is 11.8 Å². The summed E-state index contributed by atoms with van der Waals surface area (Å²) in [6.45, 7) is 0. The van der Waals surface area contributed by atoms with Crippen LogP contribution in [0, 0.1) is 11.8 Å². The van der Waals surface area contributed by atoms with Crippen LogP contribution in [0.2, 0.25) is 0 Å². The molecule has 2 saturated heterocycles. The van der Waals surface area contributed by atoms with E-state index in [1.807, 2.05) is 0 Å². The third kappa shape index (κ3) is 0.778. The second kappa shape index (κ2) is 2.16. The molecular formula is C10H12S. The van der Waals surface area contributed by atoms with Gasteiger partial charge in [0.2, 0.25) is 0 Å². The van der Waals surface area contributed by atoms with Gasteiger partial charge in [-0.15, -0.1) is 0 Å². The SMILES string of the molecule is C1=CC2C3CCC(S3)C2C=C1. The molecule has 0 aromatic rings. The lowest BCUT2D eigenvalue weighted by molar-refractivity contribution is 0.393. The lowest BCUT2D eigenvalue weighted by Gasteiger charge is -2.26. The highest BCUT2D eigenvalue weighted by Gasteiger charge is 2.46. The van der Waals surface area contributed by atoms with Crippen LogP contribution in [0.1, 0.15) is 12.8 Å². The van der Waals surface area contributed by atoms with Gasteiger partial charge in [-0.25, -0.2) is 0 Å². The van der Waals surface area contributed by atoms with Crippen LogP contribution in [-0.2, 0) is 0 Å². The van der Waals surface area contributed by atoms with Crippen LogP contribution in [0.15, 0.2) is 24.3 Å². The summed E-state index contributed by atoms with van der Waals surface area (Å²) in [6.07, 6.45) is 12.2. The number of fused-ring (bicyclic) bond motifs is 5. The smallest absolute Gasteiger partial charge is 0.0119 e. The molecule has 2 aliphatic heterocycles. The van der Waals surface area contributed by atoms with Crippen LogP contribution < -0.4 is 0 Å². The summed E-state index contributed by atoms with van der Waals surface area (Å²) in [5.74, 6) is 1.78. The first kappa shape index (κ1) is 6.36. The average Bonchev–Trinajstić information content (AvgIpc) is 2.64. The summed E-state index contributed by atoms with van der Waals surface area (Å²) in [5.41, 5.74) is 0. The van der Waals surface area contributed by atoms with Crippen molar-refractivity contribution < 1.29 is 0 Å². The first-order chi connectivity index (χ1) is 5.45. The normalized spacial score (nSPS) is 51.6. The molecule has 0 aromatic heterocycles. The zero-order valence-corrected chi connectivity index (χ0v) is 7.26. The van der Waals surface area contributed by atoms with E-state index in [0.717, 1.165) is 22.3 Å². The highest BCUT2D eigenvalue weighted by Crippen LogP contribution is 2.54. The molecule has 2 heterocycles. The van der Waals surface area contributed by atoms with Crippen LogP contribution in [0.25, 0.3) is 0 Å². The standard InChI is InChI=1S/C10H12S/c1-2-4-8-7(3-1)9-5-6-10(8)11-9/h1-4,7-10H,5-6H2. The van der Waals surface area contributed by atoms with E-state index in [0.29, 0.717) is 0 Å². The highest BCUT2D eigenvalue weighted by atomic mass is 32.2. The maximum Gasteiger partial charge on any atom is 0.0119 e. The molecule has 11 heavy (non-hydrogen) atoms. The minimum atomic E-state index is 0.892. The molecule has 0 nitrogen and oxygen atoms in total. The molecule has 58 valence electrons. The van der Waals surface area contributed by atoms with Crippen molar-refractivity contribution in [1.29, 1.82) is 0 Å². The van der Waals surface area contributed by atoms with E-state index in [9.17, 15) is 0 Å². The molecule has 4 atom stereocenters. The van der Waals surface area contributed by atoms with Crippen LogP contribution in [0.3, 0.4) is 0 Å². The Morgan fingerprint density at radius 2 is 1.45 bits per heavy atom. The summed E-state index contributed by atoms with van der Waals surface area (Å²) in [7, 11) is 0. The molecule has 2 fully saturated rings. The maximum absolute atomic E-state index is 2.42. The van der Waals surface area contributed by atoms with Gasteiger partial charge in [0.25, 0.3) is 0 Å². The molecule has 3 aliphatic rings. The molecule has 1 heteroatoms. The van der Waals surface area contributed by atoms with E-state index < -0.39 is 0 Å². The van der Waals surface area contributed by atoms with Gasteiger partial charge in [-0.2, -0.15) is 11.8 Å². The molecule has 4 unspecified atom stereocenters. The van der Waals surface area contributed by atoms with E-state index >= 15 is 0 Å². The zero-order valence-electron chi connectivity index (χ0n) is 6.44. The molecule has 2 bridgehead atoms. The number of thioether (sulfide) groups is 1. The Balaban J connectivity index is 1.98.